The van der Waals surface area contributed by atoms with E-state index in [0.717, 1.165) is 0 Å². The van der Waals surface area contributed by atoms with Gasteiger partial charge in [0.1, 0.15) is 4.64 Å². The fourth-order valence-electron chi connectivity index (χ4n) is 1.35. The molecule has 0 saturated heterocycles. The van der Waals surface area contributed by atoms with Gasteiger partial charge in [0.05, 0.1) is 4.90 Å². The van der Waals surface area contributed by atoms with Crippen LogP contribution in [0.2, 0.25) is 0 Å². The molecule has 0 aliphatic carbocycles. The lowest BCUT2D eigenvalue weighted by Gasteiger charge is -2.10. The number of nitrogens with one attached hydrogen (secondary N) is 1. The number of sulfonamides is 1. The Balaban J connectivity index is 2.41. The molecule has 2 aromatic rings. The van der Waals surface area contributed by atoms with E-state index in [2.05, 4.69) is 4.72 Å². The lowest BCUT2D eigenvalue weighted by Crippen LogP contribution is -2.16. The lowest BCUT2D eigenvalue weighted by molar-refractivity contribution is 0.187. The molecule has 0 atom stereocenters. The maximum atomic E-state index is 12.0. The molecule has 18 heavy (non-hydrogen) atoms. The summed E-state index contributed by atoms with van der Waals surface area (Å²) in [5, 5.41) is 9.59. The standard InChI is InChI=1S/C11H10N2O3S2/c14-13-10(7-4-8-11(13)17)12-18(15,16)9-5-2-1-3-6-9/h1-8,12,14H. The van der Waals surface area contributed by atoms with Gasteiger partial charge in [-0.2, -0.15) is 4.73 Å². The second-order valence-electron chi connectivity index (χ2n) is 3.48. The molecule has 1 heterocycles. The maximum Gasteiger partial charge on any atom is 0.263 e. The quantitative estimate of drug-likeness (QED) is 0.669. The maximum absolute atomic E-state index is 12.0. The van der Waals surface area contributed by atoms with Crippen LogP contribution in [0.3, 0.4) is 0 Å². The first kappa shape index (κ1) is 12.6. The molecule has 2 rings (SSSR count). The molecule has 1 aromatic heterocycles. The van der Waals surface area contributed by atoms with Crippen molar-refractivity contribution < 1.29 is 13.6 Å². The SMILES string of the molecule is O=S(=O)(Nc1cccc(=S)n1O)c1ccccc1. The van der Waals surface area contributed by atoms with Crippen molar-refractivity contribution in [1.82, 2.24) is 4.73 Å². The first-order chi connectivity index (χ1) is 8.50. The molecule has 94 valence electrons. The monoisotopic (exact) mass is 282 g/mol. The van der Waals surface area contributed by atoms with Gasteiger partial charge >= 0.3 is 0 Å². The van der Waals surface area contributed by atoms with Crippen LogP contribution in [0.4, 0.5) is 5.82 Å². The molecule has 0 saturated carbocycles. The molecule has 0 bridgehead atoms. The van der Waals surface area contributed by atoms with Crippen LogP contribution in [0, 0.1) is 4.64 Å². The molecule has 0 aliphatic heterocycles. The third-order valence-corrected chi connectivity index (χ3v) is 3.90. The number of benzene rings is 1. The Morgan fingerprint density at radius 1 is 1.06 bits per heavy atom. The summed E-state index contributed by atoms with van der Waals surface area (Å²) in [6, 6.07) is 12.3. The highest BCUT2D eigenvalue weighted by atomic mass is 32.2. The molecule has 0 amide bonds. The zero-order chi connectivity index (χ0) is 13.2. The Bertz CT molecular complexity index is 709. The summed E-state index contributed by atoms with van der Waals surface area (Å²) in [4.78, 5) is 0.111. The topological polar surface area (TPSA) is 71.3 Å². The fraction of sp³-hybridized carbons (Fsp3) is 0. The summed E-state index contributed by atoms with van der Waals surface area (Å²) < 4.78 is 27.0. The first-order valence-corrected chi connectivity index (χ1v) is 6.89. The Morgan fingerprint density at radius 2 is 1.72 bits per heavy atom. The zero-order valence-electron chi connectivity index (χ0n) is 9.15. The number of aromatic nitrogens is 1. The van der Waals surface area contributed by atoms with Gasteiger partial charge in [0.15, 0.2) is 5.82 Å². The molecule has 0 aliphatic rings. The highest BCUT2D eigenvalue weighted by Crippen LogP contribution is 2.15. The second-order valence-corrected chi connectivity index (χ2v) is 5.58. The van der Waals surface area contributed by atoms with Crippen LogP contribution < -0.4 is 4.72 Å². The molecular weight excluding hydrogens is 272 g/mol. The largest absolute Gasteiger partial charge is 0.426 e. The van der Waals surface area contributed by atoms with Crippen molar-refractivity contribution in [2.75, 3.05) is 4.72 Å². The highest BCUT2D eigenvalue weighted by Gasteiger charge is 2.15. The van der Waals surface area contributed by atoms with Crippen molar-refractivity contribution in [2.45, 2.75) is 4.90 Å². The first-order valence-electron chi connectivity index (χ1n) is 5.00. The minimum absolute atomic E-state index is 0.00801. The number of rotatable bonds is 3. The van der Waals surface area contributed by atoms with Crippen LogP contribution in [0.5, 0.6) is 0 Å². The molecule has 5 nitrogen and oxygen atoms in total. The van der Waals surface area contributed by atoms with Crippen LogP contribution in [-0.2, 0) is 10.0 Å². The van der Waals surface area contributed by atoms with Gasteiger partial charge in [-0.3, -0.25) is 4.72 Å². The predicted octanol–water partition coefficient (Wildman–Crippen LogP) is 2.26. The Hall–Kier alpha value is -1.86. The van der Waals surface area contributed by atoms with E-state index in [9.17, 15) is 13.6 Å². The number of anilines is 1. The van der Waals surface area contributed by atoms with Gasteiger partial charge in [-0.25, -0.2) is 8.42 Å². The van der Waals surface area contributed by atoms with E-state index in [4.69, 9.17) is 12.2 Å². The van der Waals surface area contributed by atoms with Gasteiger partial charge in [-0.05, 0) is 24.3 Å². The zero-order valence-corrected chi connectivity index (χ0v) is 10.8. The van der Waals surface area contributed by atoms with Crippen LogP contribution in [0.15, 0.2) is 53.4 Å². The number of hydrogen-bond acceptors (Lipinski definition) is 4. The Morgan fingerprint density at radius 3 is 2.39 bits per heavy atom. The second kappa shape index (κ2) is 4.79. The van der Waals surface area contributed by atoms with E-state index in [1.54, 1.807) is 24.3 Å². The van der Waals surface area contributed by atoms with Crippen molar-refractivity contribution >= 4 is 28.1 Å². The van der Waals surface area contributed by atoms with Gasteiger partial charge in [-0.1, -0.05) is 36.5 Å². The van der Waals surface area contributed by atoms with Gasteiger partial charge in [0, 0.05) is 0 Å². The molecule has 0 radical (unpaired) electrons. The van der Waals surface area contributed by atoms with Crippen molar-refractivity contribution in [3.05, 3.63) is 53.2 Å². The Labute approximate surface area is 109 Å². The van der Waals surface area contributed by atoms with Crippen molar-refractivity contribution in [3.8, 4) is 0 Å². The molecule has 0 spiro atoms. The third kappa shape index (κ3) is 2.52. The normalized spacial score (nSPS) is 11.1. The lowest BCUT2D eigenvalue weighted by atomic mass is 10.4. The average molecular weight is 282 g/mol. The Kier molecular flexibility index (Phi) is 3.35. The van der Waals surface area contributed by atoms with Crippen LogP contribution in [0.1, 0.15) is 0 Å². The molecular formula is C11H10N2O3S2. The fourth-order valence-corrected chi connectivity index (χ4v) is 2.60. The van der Waals surface area contributed by atoms with E-state index in [0.29, 0.717) is 4.73 Å². The smallest absolute Gasteiger partial charge is 0.263 e. The van der Waals surface area contributed by atoms with E-state index in [-0.39, 0.29) is 15.4 Å². The summed E-state index contributed by atoms with van der Waals surface area (Å²) in [5.41, 5.74) is 0. The number of nitrogens with zero attached hydrogens (tertiary/aromatic N) is 1. The van der Waals surface area contributed by atoms with E-state index >= 15 is 0 Å². The van der Waals surface area contributed by atoms with Crippen molar-refractivity contribution in [1.29, 1.82) is 0 Å². The molecule has 0 fully saturated rings. The van der Waals surface area contributed by atoms with Crippen LogP contribution >= 0.6 is 12.2 Å². The van der Waals surface area contributed by atoms with E-state index in [1.165, 1.54) is 24.3 Å². The molecule has 2 N–H and O–H groups in total. The van der Waals surface area contributed by atoms with Gasteiger partial charge in [-0.15, -0.1) is 0 Å². The van der Waals surface area contributed by atoms with Crippen LogP contribution in [0.25, 0.3) is 0 Å². The molecule has 0 unspecified atom stereocenters. The summed E-state index contributed by atoms with van der Waals surface area (Å²) in [6.45, 7) is 0. The van der Waals surface area contributed by atoms with E-state index in [1.807, 2.05) is 0 Å². The van der Waals surface area contributed by atoms with Gasteiger partial charge < -0.3 is 5.21 Å². The molecule has 7 heteroatoms. The van der Waals surface area contributed by atoms with Crippen molar-refractivity contribution in [3.63, 3.8) is 0 Å². The summed E-state index contributed by atoms with van der Waals surface area (Å²) in [6.07, 6.45) is 0. The van der Waals surface area contributed by atoms with Gasteiger partial charge in [0.25, 0.3) is 10.0 Å². The highest BCUT2D eigenvalue weighted by molar-refractivity contribution is 7.92. The minimum Gasteiger partial charge on any atom is -0.426 e. The summed E-state index contributed by atoms with van der Waals surface area (Å²) in [7, 11) is -3.73. The number of hydrogen-bond donors (Lipinski definition) is 2. The minimum atomic E-state index is -3.73. The van der Waals surface area contributed by atoms with Gasteiger partial charge in [0.2, 0.25) is 0 Å². The van der Waals surface area contributed by atoms with Crippen molar-refractivity contribution in [2.24, 2.45) is 0 Å². The average Bonchev–Trinajstić information content (AvgIpc) is 2.36. The van der Waals surface area contributed by atoms with E-state index < -0.39 is 10.0 Å². The predicted molar refractivity (Wildman–Crippen MR) is 69.7 cm³/mol. The summed E-state index contributed by atoms with van der Waals surface area (Å²) >= 11 is 4.82. The third-order valence-electron chi connectivity index (χ3n) is 2.22. The number of pyridine rings is 1. The van der Waals surface area contributed by atoms with Crippen LogP contribution in [-0.4, -0.2) is 18.4 Å². The molecule has 1 aromatic carbocycles. The summed E-state index contributed by atoms with van der Waals surface area (Å²) in [5.74, 6) is -0.00801.